The van der Waals surface area contributed by atoms with E-state index in [0.29, 0.717) is 12.6 Å². The van der Waals surface area contributed by atoms with Crippen molar-refractivity contribution in [3.05, 3.63) is 12.2 Å². The largest absolute Gasteiger partial charge is 0.478 e. The van der Waals surface area contributed by atoms with Gasteiger partial charge in [-0.1, -0.05) is 19.4 Å². The van der Waals surface area contributed by atoms with Gasteiger partial charge in [0.05, 0.1) is 0 Å². The summed E-state index contributed by atoms with van der Waals surface area (Å²) in [5.74, 6) is -0.889. The van der Waals surface area contributed by atoms with Gasteiger partial charge in [-0.3, -0.25) is 0 Å². The minimum atomic E-state index is -0.889. The second-order valence-electron chi connectivity index (χ2n) is 2.84. The molecule has 0 saturated carbocycles. The van der Waals surface area contributed by atoms with Gasteiger partial charge in [0.25, 0.3) is 0 Å². The van der Waals surface area contributed by atoms with E-state index in [0.717, 1.165) is 18.9 Å². The van der Waals surface area contributed by atoms with E-state index in [1.54, 1.807) is 6.08 Å². The van der Waals surface area contributed by atoms with Crippen molar-refractivity contribution >= 4 is 5.97 Å². The second-order valence-corrected chi connectivity index (χ2v) is 2.84. The zero-order valence-corrected chi connectivity index (χ0v) is 7.71. The van der Waals surface area contributed by atoms with Gasteiger partial charge in [0, 0.05) is 18.7 Å². The van der Waals surface area contributed by atoms with Crippen LogP contribution in [-0.2, 0) is 4.79 Å². The van der Waals surface area contributed by atoms with Gasteiger partial charge in [-0.15, -0.1) is 0 Å². The highest BCUT2D eigenvalue weighted by Gasteiger charge is 1.95. The first-order chi connectivity index (χ1) is 5.66. The number of aliphatic carboxylic acids is 1. The standard InChI is InChI=1S/C9H17NO2/c1-3-5-8(2)10-7-4-6-9(11)12/h4,6,8,10H,3,5,7H2,1-2H3,(H,11,12)/b6-4+. The lowest BCUT2D eigenvalue weighted by Crippen LogP contribution is -2.25. The number of hydrogen-bond donors (Lipinski definition) is 2. The Bertz CT molecular complexity index is 155. The highest BCUT2D eigenvalue weighted by Crippen LogP contribution is 1.93. The van der Waals surface area contributed by atoms with Crippen molar-refractivity contribution in [3.8, 4) is 0 Å². The van der Waals surface area contributed by atoms with Crippen LogP contribution in [0, 0.1) is 0 Å². The normalized spacial score (nSPS) is 13.5. The maximum absolute atomic E-state index is 10.1. The summed E-state index contributed by atoms with van der Waals surface area (Å²) in [6.45, 7) is 4.86. The molecule has 0 heterocycles. The predicted molar refractivity (Wildman–Crippen MR) is 49.1 cm³/mol. The zero-order valence-electron chi connectivity index (χ0n) is 7.71. The van der Waals surface area contributed by atoms with E-state index in [1.807, 2.05) is 0 Å². The molecule has 0 saturated heterocycles. The average molecular weight is 171 g/mol. The van der Waals surface area contributed by atoms with Crippen LogP contribution in [0.3, 0.4) is 0 Å². The molecule has 0 radical (unpaired) electrons. The molecule has 1 unspecified atom stereocenters. The lowest BCUT2D eigenvalue weighted by Gasteiger charge is -2.09. The first kappa shape index (κ1) is 11.2. The molecule has 0 aromatic rings. The Kier molecular flexibility index (Phi) is 6.38. The molecule has 12 heavy (non-hydrogen) atoms. The molecule has 0 aliphatic heterocycles. The molecule has 0 aliphatic rings. The van der Waals surface area contributed by atoms with Crippen molar-refractivity contribution in [2.45, 2.75) is 32.7 Å². The molecule has 0 amide bonds. The summed E-state index contributed by atoms with van der Waals surface area (Å²) in [6, 6.07) is 0.466. The third kappa shape index (κ3) is 7.28. The molecule has 0 aromatic heterocycles. The number of carboxylic acids is 1. The average Bonchev–Trinajstić information content (AvgIpc) is 1.98. The Morgan fingerprint density at radius 3 is 2.83 bits per heavy atom. The summed E-state index contributed by atoms with van der Waals surface area (Å²) in [6.07, 6.45) is 5.05. The third-order valence-electron chi connectivity index (χ3n) is 1.57. The first-order valence-electron chi connectivity index (χ1n) is 4.29. The SMILES string of the molecule is CCCC(C)NC/C=C/C(=O)O. The molecule has 0 fully saturated rings. The number of carbonyl (C=O) groups is 1. The molecule has 70 valence electrons. The number of rotatable bonds is 6. The van der Waals surface area contributed by atoms with E-state index in [4.69, 9.17) is 5.11 Å². The van der Waals surface area contributed by atoms with E-state index < -0.39 is 5.97 Å². The van der Waals surface area contributed by atoms with Crippen LogP contribution >= 0.6 is 0 Å². The van der Waals surface area contributed by atoms with Crippen molar-refractivity contribution < 1.29 is 9.90 Å². The summed E-state index contributed by atoms with van der Waals surface area (Å²) in [5.41, 5.74) is 0. The zero-order chi connectivity index (χ0) is 9.40. The summed E-state index contributed by atoms with van der Waals surface area (Å²) in [7, 11) is 0. The molecule has 0 aromatic carbocycles. The van der Waals surface area contributed by atoms with Crippen LogP contribution in [0.4, 0.5) is 0 Å². The van der Waals surface area contributed by atoms with Crippen molar-refractivity contribution in [2.24, 2.45) is 0 Å². The quantitative estimate of drug-likeness (QED) is 0.594. The maximum Gasteiger partial charge on any atom is 0.328 e. The minimum absolute atomic E-state index is 0.466. The van der Waals surface area contributed by atoms with Crippen molar-refractivity contribution in [1.82, 2.24) is 5.32 Å². The van der Waals surface area contributed by atoms with Crippen molar-refractivity contribution in [3.63, 3.8) is 0 Å². The van der Waals surface area contributed by atoms with Gasteiger partial charge >= 0.3 is 5.97 Å². The van der Waals surface area contributed by atoms with Crippen LogP contribution in [0.25, 0.3) is 0 Å². The Labute approximate surface area is 73.5 Å². The molecule has 3 nitrogen and oxygen atoms in total. The van der Waals surface area contributed by atoms with E-state index in [2.05, 4.69) is 19.2 Å². The van der Waals surface area contributed by atoms with E-state index in [-0.39, 0.29) is 0 Å². The van der Waals surface area contributed by atoms with Crippen LogP contribution in [0.5, 0.6) is 0 Å². The fraction of sp³-hybridized carbons (Fsp3) is 0.667. The van der Waals surface area contributed by atoms with Crippen LogP contribution < -0.4 is 5.32 Å². The lowest BCUT2D eigenvalue weighted by atomic mass is 10.2. The fourth-order valence-electron chi connectivity index (χ4n) is 0.964. The van der Waals surface area contributed by atoms with Gasteiger partial charge in [-0.2, -0.15) is 0 Å². The number of carboxylic acid groups (broad SMARTS) is 1. The Morgan fingerprint density at radius 1 is 1.67 bits per heavy atom. The van der Waals surface area contributed by atoms with Gasteiger partial charge in [0.1, 0.15) is 0 Å². The molecule has 0 bridgehead atoms. The van der Waals surface area contributed by atoms with Gasteiger partial charge in [0.15, 0.2) is 0 Å². The Morgan fingerprint density at radius 2 is 2.33 bits per heavy atom. The van der Waals surface area contributed by atoms with Crippen LogP contribution in [0.2, 0.25) is 0 Å². The molecule has 0 spiro atoms. The third-order valence-corrected chi connectivity index (χ3v) is 1.57. The Balaban J connectivity index is 3.36. The van der Waals surface area contributed by atoms with Gasteiger partial charge in [-0.25, -0.2) is 4.79 Å². The summed E-state index contributed by atoms with van der Waals surface area (Å²) in [5, 5.41) is 11.5. The van der Waals surface area contributed by atoms with E-state index >= 15 is 0 Å². The summed E-state index contributed by atoms with van der Waals surface area (Å²) >= 11 is 0. The molecular formula is C9H17NO2. The lowest BCUT2D eigenvalue weighted by molar-refractivity contribution is -0.131. The molecular weight excluding hydrogens is 154 g/mol. The summed E-state index contributed by atoms with van der Waals surface area (Å²) < 4.78 is 0. The molecule has 1 atom stereocenters. The van der Waals surface area contributed by atoms with E-state index in [9.17, 15) is 4.79 Å². The highest BCUT2D eigenvalue weighted by molar-refractivity contribution is 5.79. The molecule has 0 aliphatic carbocycles. The van der Waals surface area contributed by atoms with Crippen LogP contribution in [0.15, 0.2) is 12.2 Å². The monoisotopic (exact) mass is 171 g/mol. The Hall–Kier alpha value is -0.830. The first-order valence-corrected chi connectivity index (χ1v) is 4.29. The molecule has 2 N–H and O–H groups in total. The second kappa shape index (κ2) is 6.85. The number of hydrogen-bond acceptors (Lipinski definition) is 2. The smallest absolute Gasteiger partial charge is 0.328 e. The summed E-state index contributed by atoms with van der Waals surface area (Å²) in [4.78, 5) is 10.1. The molecule has 0 rings (SSSR count). The van der Waals surface area contributed by atoms with Crippen LogP contribution in [-0.4, -0.2) is 23.7 Å². The van der Waals surface area contributed by atoms with Crippen molar-refractivity contribution in [1.29, 1.82) is 0 Å². The van der Waals surface area contributed by atoms with Gasteiger partial charge < -0.3 is 10.4 Å². The number of nitrogens with one attached hydrogen (secondary N) is 1. The minimum Gasteiger partial charge on any atom is -0.478 e. The van der Waals surface area contributed by atoms with Gasteiger partial charge in [0.2, 0.25) is 0 Å². The molecule has 3 heteroatoms. The predicted octanol–water partition coefficient (Wildman–Crippen LogP) is 1.41. The van der Waals surface area contributed by atoms with E-state index in [1.165, 1.54) is 0 Å². The van der Waals surface area contributed by atoms with Crippen LogP contribution in [0.1, 0.15) is 26.7 Å². The van der Waals surface area contributed by atoms with Gasteiger partial charge in [-0.05, 0) is 13.3 Å². The van der Waals surface area contributed by atoms with Crippen molar-refractivity contribution in [2.75, 3.05) is 6.54 Å². The highest BCUT2D eigenvalue weighted by atomic mass is 16.4. The topological polar surface area (TPSA) is 49.3 Å². The fourth-order valence-corrected chi connectivity index (χ4v) is 0.964. The maximum atomic E-state index is 10.1.